The van der Waals surface area contributed by atoms with Crippen LogP contribution < -0.4 is 11.1 Å². The predicted octanol–water partition coefficient (Wildman–Crippen LogP) is 0.793. The van der Waals surface area contributed by atoms with Crippen LogP contribution in [0.1, 0.15) is 31.2 Å². The lowest BCUT2D eigenvalue weighted by molar-refractivity contribution is -0.150. The second-order valence-corrected chi connectivity index (χ2v) is 7.18. The van der Waals surface area contributed by atoms with Gasteiger partial charge in [-0.25, -0.2) is 9.18 Å². The van der Waals surface area contributed by atoms with Gasteiger partial charge in [0, 0.05) is 6.54 Å². The minimum absolute atomic E-state index is 0.0171. The topological polar surface area (TPSA) is 133 Å². The first-order valence-electron chi connectivity index (χ1n) is 9.75. The van der Waals surface area contributed by atoms with Crippen molar-refractivity contribution in [3.63, 3.8) is 0 Å². The number of alkyl halides is 1. The number of amides is 1. The van der Waals surface area contributed by atoms with Crippen molar-refractivity contribution in [2.24, 2.45) is 5.73 Å². The zero-order chi connectivity index (χ0) is 21.4. The molecule has 1 heterocycles. The number of aryl methyl sites for hydroxylation is 1. The van der Waals surface area contributed by atoms with Gasteiger partial charge < -0.3 is 20.8 Å². The highest BCUT2D eigenvalue weighted by atomic mass is 19.1. The normalized spacial score (nSPS) is 19.5. The Morgan fingerprint density at radius 1 is 1.21 bits per heavy atom. The molecule has 0 bridgehead atoms. The fourth-order valence-corrected chi connectivity index (χ4v) is 3.57. The molecule has 8 nitrogen and oxygen atoms in total. The molecule has 2 rings (SSSR count). The highest BCUT2D eigenvalue weighted by Crippen LogP contribution is 2.21. The summed E-state index contributed by atoms with van der Waals surface area (Å²) in [5, 5.41) is 21.5. The summed E-state index contributed by atoms with van der Waals surface area (Å²) in [5.41, 5.74) is 6.34. The van der Waals surface area contributed by atoms with Crippen molar-refractivity contribution in [1.29, 1.82) is 0 Å². The monoisotopic (exact) mass is 409 g/mol. The van der Waals surface area contributed by atoms with Crippen LogP contribution in [0.25, 0.3) is 0 Å². The summed E-state index contributed by atoms with van der Waals surface area (Å²) in [4.78, 5) is 37.2. The highest BCUT2D eigenvalue weighted by molar-refractivity contribution is 5.88. The summed E-state index contributed by atoms with van der Waals surface area (Å²) in [6.07, 6.45) is -0.486. The van der Waals surface area contributed by atoms with Gasteiger partial charge in [-0.2, -0.15) is 0 Å². The molecule has 5 N–H and O–H groups in total. The Kier molecular flexibility index (Phi) is 8.53. The number of nitrogens with zero attached hydrogens (tertiary/aromatic N) is 1. The van der Waals surface area contributed by atoms with E-state index in [1.165, 1.54) is 0 Å². The number of hydrogen-bond donors (Lipinski definition) is 4. The van der Waals surface area contributed by atoms with Gasteiger partial charge in [-0.3, -0.25) is 14.9 Å². The van der Waals surface area contributed by atoms with E-state index in [1.807, 2.05) is 30.3 Å². The maximum Gasteiger partial charge on any atom is 0.326 e. The van der Waals surface area contributed by atoms with E-state index in [0.29, 0.717) is 12.8 Å². The molecule has 160 valence electrons. The maximum atomic E-state index is 14.8. The third-order valence-electron chi connectivity index (χ3n) is 5.13. The van der Waals surface area contributed by atoms with E-state index in [4.69, 9.17) is 5.73 Å². The van der Waals surface area contributed by atoms with Gasteiger partial charge in [0.2, 0.25) is 5.91 Å². The number of carbonyl (C=O) groups excluding carboxylic acids is 1. The van der Waals surface area contributed by atoms with Crippen molar-refractivity contribution in [2.75, 3.05) is 13.1 Å². The van der Waals surface area contributed by atoms with Gasteiger partial charge in [0.05, 0.1) is 0 Å². The SMILES string of the molecule is NCCC(F)[C@H](N[C@@H](CCc1ccccc1)C(=O)O)C(=O)N1CCC[C@H]1C(=O)O. The van der Waals surface area contributed by atoms with Crippen LogP contribution >= 0.6 is 0 Å². The van der Waals surface area contributed by atoms with Gasteiger partial charge in [0.15, 0.2) is 0 Å². The molecule has 4 atom stereocenters. The molecule has 1 unspecified atom stereocenters. The summed E-state index contributed by atoms with van der Waals surface area (Å²) in [6.45, 7) is 0.182. The molecule has 1 amide bonds. The van der Waals surface area contributed by atoms with Crippen LogP contribution in [-0.4, -0.2) is 70.3 Å². The fraction of sp³-hybridized carbons (Fsp3) is 0.550. The Hall–Kier alpha value is -2.52. The first-order chi connectivity index (χ1) is 13.8. The Morgan fingerprint density at radius 2 is 1.90 bits per heavy atom. The standard InChI is InChI=1S/C20H28FN3O5/c21-14(10-11-22)17(18(25)24-12-4-7-16(24)20(28)29)23-15(19(26)27)9-8-13-5-2-1-3-6-13/h1-3,5-6,14-17,23H,4,7-12,22H2,(H,26,27)(H,28,29)/t14?,15-,16-,17-/m0/s1. The lowest BCUT2D eigenvalue weighted by Crippen LogP contribution is -2.58. The van der Waals surface area contributed by atoms with Crippen LogP contribution in [0.5, 0.6) is 0 Å². The number of carboxylic acids is 2. The van der Waals surface area contributed by atoms with Gasteiger partial charge in [0.1, 0.15) is 24.3 Å². The molecule has 0 aromatic heterocycles. The first kappa shape index (κ1) is 22.8. The number of benzene rings is 1. The third kappa shape index (κ3) is 6.23. The molecule has 1 aromatic rings. The molecule has 9 heteroatoms. The Labute approximate surface area is 168 Å². The van der Waals surface area contributed by atoms with Crippen molar-refractivity contribution < 1.29 is 29.0 Å². The number of carboxylic acid groups (broad SMARTS) is 2. The van der Waals surface area contributed by atoms with E-state index in [1.54, 1.807) is 0 Å². The largest absolute Gasteiger partial charge is 0.480 e. The molecule has 0 aliphatic carbocycles. The van der Waals surface area contributed by atoms with Crippen LogP contribution in [0.3, 0.4) is 0 Å². The Balaban J connectivity index is 2.15. The predicted molar refractivity (Wildman–Crippen MR) is 104 cm³/mol. The van der Waals surface area contributed by atoms with Crippen LogP contribution in [0.15, 0.2) is 30.3 Å². The molecule has 0 saturated carbocycles. The summed E-state index contributed by atoms with van der Waals surface area (Å²) in [6, 6.07) is 5.59. The van der Waals surface area contributed by atoms with Gasteiger partial charge in [-0.1, -0.05) is 30.3 Å². The van der Waals surface area contributed by atoms with Crippen molar-refractivity contribution in [2.45, 2.75) is 56.4 Å². The Bertz CT molecular complexity index is 703. The van der Waals surface area contributed by atoms with Crippen molar-refractivity contribution in [3.05, 3.63) is 35.9 Å². The highest BCUT2D eigenvalue weighted by Gasteiger charge is 2.41. The number of halogens is 1. The van der Waals surface area contributed by atoms with Crippen LogP contribution in [-0.2, 0) is 20.8 Å². The van der Waals surface area contributed by atoms with Crippen LogP contribution in [0.4, 0.5) is 4.39 Å². The van der Waals surface area contributed by atoms with Crippen molar-refractivity contribution in [1.82, 2.24) is 10.2 Å². The molecular formula is C20H28FN3O5. The number of nitrogens with one attached hydrogen (secondary N) is 1. The van der Waals surface area contributed by atoms with E-state index in [0.717, 1.165) is 10.5 Å². The molecule has 29 heavy (non-hydrogen) atoms. The Morgan fingerprint density at radius 3 is 2.48 bits per heavy atom. The number of hydrogen-bond acceptors (Lipinski definition) is 5. The van der Waals surface area contributed by atoms with Crippen LogP contribution in [0.2, 0.25) is 0 Å². The average molecular weight is 409 g/mol. The van der Waals surface area contributed by atoms with E-state index in [2.05, 4.69) is 5.32 Å². The van der Waals surface area contributed by atoms with Crippen LogP contribution in [0, 0.1) is 0 Å². The lowest BCUT2D eigenvalue weighted by atomic mass is 10.0. The zero-order valence-electron chi connectivity index (χ0n) is 16.2. The summed E-state index contributed by atoms with van der Waals surface area (Å²) in [7, 11) is 0. The molecule has 1 fully saturated rings. The minimum Gasteiger partial charge on any atom is -0.480 e. The number of carbonyl (C=O) groups is 3. The van der Waals surface area contributed by atoms with E-state index >= 15 is 0 Å². The molecule has 1 aromatic carbocycles. The molecule has 0 spiro atoms. The van der Waals surface area contributed by atoms with Gasteiger partial charge >= 0.3 is 11.9 Å². The molecule has 1 aliphatic rings. The maximum absolute atomic E-state index is 14.8. The summed E-state index contributed by atoms with van der Waals surface area (Å²) in [5.74, 6) is -3.08. The number of nitrogens with two attached hydrogens (primary N) is 1. The molecular weight excluding hydrogens is 381 g/mol. The van der Waals surface area contributed by atoms with E-state index in [9.17, 15) is 29.0 Å². The second-order valence-electron chi connectivity index (χ2n) is 7.18. The van der Waals surface area contributed by atoms with Gasteiger partial charge in [-0.05, 0) is 44.2 Å². The fourth-order valence-electron chi connectivity index (χ4n) is 3.57. The summed E-state index contributed by atoms with van der Waals surface area (Å²) < 4.78 is 14.8. The lowest BCUT2D eigenvalue weighted by Gasteiger charge is -2.31. The quantitative estimate of drug-likeness (QED) is 0.425. The molecule has 1 aliphatic heterocycles. The van der Waals surface area contributed by atoms with E-state index < -0.39 is 42.1 Å². The van der Waals surface area contributed by atoms with E-state index in [-0.39, 0.29) is 32.4 Å². The van der Waals surface area contributed by atoms with Crippen molar-refractivity contribution in [3.8, 4) is 0 Å². The first-order valence-corrected chi connectivity index (χ1v) is 9.75. The van der Waals surface area contributed by atoms with Gasteiger partial charge in [0.25, 0.3) is 0 Å². The van der Waals surface area contributed by atoms with Gasteiger partial charge in [-0.15, -0.1) is 0 Å². The third-order valence-corrected chi connectivity index (χ3v) is 5.13. The summed E-state index contributed by atoms with van der Waals surface area (Å²) >= 11 is 0. The number of rotatable bonds is 11. The van der Waals surface area contributed by atoms with Crippen molar-refractivity contribution >= 4 is 17.8 Å². The average Bonchev–Trinajstić information content (AvgIpc) is 3.18. The molecule has 1 saturated heterocycles. The zero-order valence-corrected chi connectivity index (χ0v) is 16.2. The minimum atomic E-state index is -1.72. The smallest absolute Gasteiger partial charge is 0.326 e. The molecule has 0 radical (unpaired) electrons. The number of likely N-dealkylation sites (tertiary alicyclic amines) is 1. The number of aliphatic carboxylic acids is 2. The second kappa shape index (κ2) is 10.9.